The van der Waals surface area contributed by atoms with Crippen LogP contribution in [-0.4, -0.2) is 13.1 Å². The smallest absolute Gasteiger partial charge is 0.293 e. The van der Waals surface area contributed by atoms with Gasteiger partial charge < -0.3 is 4.74 Å². The van der Waals surface area contributed by atoms with Crippen LogP contribution < -0.4 is 0 Å². The van der Waals surface area contributed by atoms with Gasteiger partial charge in [-0.25, -0.2) is 0 Å². The van der Waals surface area contributed by atoms with E-state index >= 15 is 0 Å². The standard InChI is InChI=1S/C12H24O2/c1-3-4-5-6-7-8-12(2)9-10-14-11-13/h11-12H,3-10H2,1-2H3. The number of hydrogen-bond donors (Lipinski definition) is 0. The Balaban J connectivity index is 3.09. The molecule has 1 atom stereocenters. The number of unbranched alkanes of at least 4 members (excludes halogenated alkanes) is 4. The van der Waals surface area contributed by atoms with Gasteiger partial charge in [0.1, 0.15) is 0 Å². The molecule has 14 heavy (non-hydrogen) atoms. The van der Waals surface area contributed by atoms with Crippen molar-refractivity contribution in [2.75, 3.05) is 6.61 Å². The van der Waals surface area contributed by atoms with Gasteiger partial charge in [-0.2, -0.15) is 0 Å². The van der Waals surface area contributed by atoms with Crippen molar-refractivity contribution in [1.29, 1.82) is 0 Å². The van der Waals surface area contributed by atoms with E-state index in [4.69, 9.17) is 0 Å². The number of carbonyl (C=O) groups excluding carboxylic acids is 1. The average molecular weight is 200 g/mol. The lowest BCUT2D eigenvalue weighted by molar-refractivity contribution is -0.129. The first-order chi connectivity index (χ1) is 6.81. The maximum atomic E-state index is 9.90. The molecule has 84 valence electrons. The van der Waals surface area contributed by atoms with Crippen molar-refractivity contribution < 1.29 is 9.53 Å². The molecule has 1 unspecified atom stereocenters. The second-order valence-corrected chi connectivity index (χ2v) is 4.06. The predicted octanol–water partition coefficient (Wildman–Crippen LogP) is 3.55. The molecule has 0 aliphatic rings. The van der Waals surface area contributed by atoms with Crippen LogP contribution in [0.5, 0.6) is 0 Å². The molecule has 2 nitrogen and oxygen atoms in total. The lowest BCUT2D eigenvalue weighted by Gasteiger charge is -2.09. The highest BCUT2D eigenvalue weighted by atomic mass is 16.5. The van der Waals surface area contributed by atoms with E-state index in [0.717, 1.165) is 6.42 Å². The molecule has 0 radical (unpaired) electrons. The molecule has 0 spiro atoms. The molecule has 0 bridgehead atoms. The molecule has 0 heterocycles. The highest BCUT2D eigenvalue weighted by Gasteiger charge is 2.01. The van der Waals surface area contributed by atoms with E-state index in [0.29, 0.717) is 19.0 Å². The largest absolute Gasteiger partial charge is 0.468 e. The molecular weight excluding hydrogens is 176 g/mol. The molecule has 0 aliphatic carbocycles. The summed E-state index contributed by atoms with van der Waals surface area (Å²) in [5, 5.41) is 0. The van der Waals surface area contributed by atoms with Crippen LogP contribution in [0, 0.1) is 5.92 Å². The first-order valence-electron chi connectivity index (χ1n) is 5.86. The van der Waals surface area contributed by atoms with Gasteiger partial charge in [-0.3, -0.25) is 4.79 Å². The van der Waals surface area contributed by atoms with Crippen molar-refractivity contribution in [3.63, 3.8) is 0 Å². The highest BCUT2D eigenvalue weighted by Crippen LogP contribution is 2.13. The van der Waals surface area contributed by atoms with E-state index in [1.807, 2.05) is 0 Å². The molecule has 0 aromatic rings. The number of hydrogen-bond acceptors (Lipinski definition) is 2. The predicted molar refractivity (Wildman–Crippen MR) is 59.2 cm³/mol. The molecule has 0 saturated carbocycles. The van der Waals surface area contributed by atoms with E-state index in [9.17, 15) is 4.79 Å². The fourth-order valence-corrected chi connectivity index (χ4v) is 1.56. The summed E-state index contributed by atoms with van der Waals surface area (Å²) in [6.45, 7) is 5.58. The zero-order valence-electron chi connectivity index (χ0n) is 9.63. The van der Waals surface area contributed by atoms with Gasteiger partial charge in [0.2, 0.25) is 0 Å². The van der Waals surface area contributed by atoms with Crippen molar-refractivity contribution in [2.45, 2.75) is 58.8 Å². The van der Waals surface area contributed by atoms with Crippen LogP contribution in [0.1, 0.15) is 58.8 Å². The minimum Gasteiger partial charge on any atom is -0.468 e. The highest BCUT2D eigenvalue weighted by molar-refractivity contribution is 5.36. The molecular formula is C12H24O2. The zero-order valence-corrected chi connectivity index (χ0v) is 9.63. The van der Waals surface area contributed by atoms with Gasteiger partial charge in [0.25, 0.3) is 6.47 Å². The molecule has 0 rings (SSSR count). The van der Waals surface area contributed by atoms with E-state index in [1.54, 1.807) is 0 Å². The van der Waals surface area contributed by atoms with Gasteiger partial charge in [-0.1, -0.05) is 52.4 Å². The maximum absolute atomic E-state index is 9.90. The summed E-state index contributed by atoms with van der Waals surface area (Å²) in [4.78, 5) is 9.90. The Morgan fingerprint density at radius 3 is 2.50 bits per heavy atom. The molecule has 0 saturated heterocycles. The molecule has 0 aromatic carbocycles. The van der Waals surface area contributed by atoms with Gasteiger partial charge in [-0.05, 0) is 12.3 Å². The van der Waals surface area contributed by atoms with Gasteiger partial charge in [0.15, 0.2) is 0 Å². The monoisotopic (exact) mass is 200 g/mol. The van der Waals surface area contributed by atoms with Crippen LogP contribution in [0.25, 0.3) is 0 Å². The van der Waals surface area contributed by atoms with Crippen LogP contribution in [0.15, 0.2) is 0 Å². The maximum Gasteiger partial charge on any atom is 0.293 e. The molecule has 0 fully saturated rings. The Labute approximate surface area is 88.0 Å². The van der Waals surface area contributed by atoms with Gasteiger partial charge >= 0.3 is 0 Å². The Kier molecular flexibility index (Phi) is 10.2. The topological polar surface area (TPSA) is 26.3 Å². The summed E-state index contributed by atoms with van der Waals surface area (Å²) in [7, 11) is 0. The number of carbonyl (C=O) groups is 1. The summed E-state index contributed by atoms with van der Waals surface area (Å²) < 4.78 is 4.67. The van der Waals surface area contributed by atoms with Crippen LogP contribution in [0.2, 0.25) is 0 Å². The van der Waals surface area contributed by atoms with Crippen molar-refractivity contribution in [1.82, 2.24) is 0 Å². The summed E-state index contributed by atoms with van der Waals surface area (Å²) >= 11 is 0. The van der Waals surface area contributed by atoms with Crippen molar-refractivity contribution in [3.8, 4) is 0 Å². The first-order valence-corrected chi connectivity index (χ1v) is 5.86. The fraction of sp³-hybridized carbons (Fsp3) is 0.917. The zero-order chi connectivity index (χ0) is 10.6. The van der Waals surface area contributed by atoms with Crippen molar-refractivity contribution in [3.05, 3.63) is 0 Å². The second kappa shape index (κ2) is 10.6. The summed E-state index contributed by atoms with van der Waals surface area (Å²) in [6, 6.07) is 0. The third-order valence-electron chi connectivity index (χ3n) is 2.60. The Hall–Kier alpha value is -0.530. The Morgan fingerprint density at radius 2 is 1.86 bits per heavy atom. The lowest BCUT2D eigenvalue weighted by atomic mass is 10.00. The number of rotatable bonds is 10. The van der Waals surface area contributed by atoms with Gasteiger partial charge in [0.05, 0.1) is 6.61 Å². The van der Waals surface area contributed by atoms with E-state index in [1.165, 1.54) is 38.5 Å². The van der Waals surface area contributed by atoms with Crippen LogP contribution in [0.4, 0.5) is 0 Å². The van der Waals surface area contributed by atoms with Gasteiger partial charge in [0, 0.05) is 0 Å². The molecule has 0 aliphatic heterocycles. The Morgan fingerprint density at radius 1 is 1.14 bits per heavy atom. The van der Waals surface area contributed by atoms with Crippen molar-refractivity contribution >= 4 is 6.47 Å². The summed E-state index contributed by atoms with van der Waals surface area (Å²) in [6.07, 6.45) is 8.99. The van der Waals surface area contributed by atoms with E-state index < -0.39 is 0 Å². The minimum absolute atomic E-state index is 0.536. The normalized spacial score (nSPS) is 12.4. The molecule has 0 aromatic heterocycles. The Bertz CT molecular complexity index is 123. The van der Waals surface area contributed by atoms with E-state index in [-0.39, 0.29) is 0 Å². The molecule has 2 heteroatoms. The quantitative estimate of drug-likeness (QED) is 0.398. The van der Waals surface area contributed by atoms with E-state index in [2.05, 4.69) is 18.6 Å². The van der Waals surface area contributed by atoms with Crippen LogP contribution in [0.3, 0.4) is 0 Å². The average Bonchev–Trinajstić information content (AvgIpc) is 2.18. The third-order valence-corrected chi connectivity index (χ3v) is 2.60. The second-order valence-electron chi connectivity index (χ2n) is 4.06. The van der Waals surface area contributed by atoms with Crippen LogP contribution >= 0.6 is 0 Å². The number of ether oxygens (including phenoxy) is 1. The third kappa shape index (κ3) is 9.56. The molecule has 0 N–H and O–H groups in total. The fourth-order valence-electron chi connectivity index (χ4n) is 1.56. The summed E-state index contributed by atoms with van der Waals surface area (Å²) in [5.74, 6) is 0.691. The summed E-state index contributed by atoms with van der Waals surface area (Å²) in [5.41, 5.74) is 0. The van der Waals surface area contributed by atoms with Gasteiger partial charge in [-0.15, -0.1) is 0 Å². The first kappa shape index (κ1) is 13.5. The lowest BCUT2D eigenvalue weighted by Crippen LogP contribution is -2.01. The SMILES string of the molecule is CCCCCCCC(C)CCOC=O. The van der Waals surface area contributed by atoms with Crippen molar-refractivity contribution in [2.24, 2.45) is 5.92 Å². The van der Waals surface area contributed by atoms with Crippen LogP contribution in [-0.2, 0) is 9.53 Å². The minimum atomic E-state index is 0.536. The molecule has 0 amide bonds.